The molecule has 0 aromatic carbocycles. The van der Waals surface area contributed by atoms with Crippen molar-refractivity contribution in [2.45, 2.75) is 47.6 Å². The fourth-order valence-electron chi connectivity index (χ4n) is 2.87. The number of nitrogens with zero attached hydrogens (tertiary/aromatic N) is 1. The van der Waals surface area contributed by atoms with Gasteiger partial charge in [0.2, 0.25) is 12.3 Å². The van der Waals surface area contributed by atoms with Crippen molar-refractivity contribution in [3.63, 3.8) is 0 Å². The number of aromatic amines is 1. The van der Waals surface area contributed by atoms with Crippen molar-refractivity contribution in [2.75, 3.05) is 6.61 Å². The molecule has 2 aromatic heterocycles. The minimum absolute atomic E-state index is 0.0961. The number of pyridine rings is 1. The van der Waals surface area contributed by atoms with Crippen LogP contribution < -0.4 is 4.57 Å². The predicted octanol–water partition coefficient (Wildman–Crippen LogP) is 2.85. The lowest BCUT2D eigenvalue weighted by Crippen LogP contribution is -2.41. The first-order chi connectivity index (χ1) is 11.4. The second-order valence-electron chi connectivity index (χ2n) is 5.93. The van der Waals surface area contributed by atoms with E-state index in [2.05, 4.69) is 18.0 Å². The summed E-state index contributed by atoms with van der Waals surface area (Å²) in [6, 6.07) is 4.07. The Hall–Kier alpha value is -2.43. The summed E-state index contributed by atoms with van der Waals surface area (Å²) in [4.78, 5) is 28.2. The average Bonchev–Trinajstić information content (AvgIpc) is 2.84. The van der Waals surface area contributed by atoms with Gasteiger partial charge in [0.05, 0.1) is 17.7 Å². The van der Waals surface area contributed by atoms with E-state index in [-0.39, 0.29) is 18.9 Å². The van der Waals surface area contributed by atoms with Gasteiger partial charge in [-0.05, 0) is 33.3 Å². The van der Waals surface area contributed by atoms with Crippen LogP contribution in [0, 0.1) is 20.8 Å². The van der Waals surface area contributed by atoms with Crippen molar-refractivity contribution in [1.29, 1.82) is 0 Å². The summed E-state index contributed by atoms with van der Waals surface area (Å²) in [5.41, 5.74) is 4.32. The Balaban J connectivity index is 2.39. The fourth-order valence-corrected chi connectivity index (χ4v) is 2.87. The van der Waals surface area contributed by atoms with Gasteiger partial charge in [-0.2, -0.15) is 4.57 Å². The second-order valence-corrected chi connectivity index (χ2v) is 5.93. The molecule has 0 aliphatic rings. The van der Waals surface area contributed by atoms with E-state index in [0.29, 0.717) is 22.5 Å². The van der Waals surface area contributed by atoms with Gasteiger partial charge >= 0.3 is 5.97 Å². The van der Waals surface area contributed by atoms with Crippen LogP contribution in [0.15, 0.2) is 18.3 Å². The van der Waals surface area contributed by atoms with E-state index in [4.69, 9.17) is 4.74 Å². The Morgan fingerprint density at radius 3 is 2.38 bits per heavy atom. The fraction of sp³-hybridized carbons (Fsp3) is 0.421. The van der Waals surface area contributed by atoms with E-state index >= 15 is 0 Å². The molecule has 128 valence electrons. The van der Waals surface area contributed by atoms with Crippen molar-refractivity contribution >= 4 is 11.8 Å². The number of carbonyl (C=O) groups excluding carboxylic acids is 2. The molecule has 0 bridgehead atoms. The van der Waals surface area contributed by atoms with Crippen LogP contribution in [-0.2, 0) is 17.7 Å². The van der Waals surface area contributed by atoms with Gasteiger partial charge in [-0.15, -0.1) is 0 Å². The van der Waals surface area contributed by atoms with E-state index in [0.717, 1.165) is 12.1 Å². The highest BCUT2D eigenvalue weighted by Crippen LogP contribution is 2.20. The number of ether oxygens (including phenoxy) is 1. The number of aryl methyl sites for hydroxylation is 4. The smallest absolute Gasteiger partial charge is 0.340 e. The third-order valence-electron chi connectivity index (χ3n) is 4.17. The number of H-pyrrole nitrogens is 1. The molecule has 0 unspecified atom stereocenters. The molecule has 24 heavy (non-hydrogen) atoms. The number of carbonyl (C=O) groups is 2. The number of hydrogen-bond acceptors (Lipinski definition) is 3. The van der Waals surface area contributed by atoms with Crippen LogP contribution in [0.25, 0.3) is 0 Å². The van der Waals surface area contributed by atoms with Crippen molar-refractivity contribution < 1.29 is 18.9 Å². The summed E-state index contributed by atoms with van der Waals surface area (Å²) >= 11 is 0. The van der Waals surface area contributed by atoms with Crippen LogP contribution >= 0.6 is 0 Å². The molecule has 2 rings (SSSR count). The molecule has 0 fully saturated rings. The average molecular weight is 329 g/mol. The molecule has 0 aliphatic heterocycles. The van der Waals surface area contributed by atoms with E-state index in [1.807, 2.05) is 30.7 Å². The topological polar surface area (TPSA) is 63.0 Å². The van der Waals surface area contributed by atoms with Crippen molar-refractivity contribution in [2.24, 2.45) is 0 Å². The molecule has 0 atom stereocenters. The lowest BCUT2D eigenvalue weighted by molar-refractivity contribution is -0.689. The van der Waals surface area contributed by atoms with Crippen LogP contribution in [0.2, 0.25) is 0 Å². The maximum atomic E-state index is 12.9. The van der Waals surface area contributed by atoms with Gasteiger partial charge < -0.3 is 9.72 Å². The standard InChI is InChI=1S/C19H24N2O3/c1-6-15-9-8-12(3)21(10-15)11-16(22)17-13(4)20-14(5)18(17)19(23)24-7-2/h8-10H,6-7,11H2,1-5H3/p+1. The second kappa shape index (κ2) is 7.43. The van der Waals surface area contributed by atoms with Gasteiger partial charge in [0.25, 0.3) is 0 Å². The summed E-state index contributed by atoms with van der Waals surface area (Å²) in [5, 5.41) is 0. The first-order valence-corrected chi connectivity index (χ1v) is 8.27. The van der Waals surface area contributed by atoms with Crippen molar-refractivity contribution in [1.82, 2.24) is 4.98 Å². The molecule has 0 saturated heterocycles. The van der Waals surface area contributed by atoms with Crippen LogP contribution in [0.4, 0.5) is 0 Å². The number of esters is 1. The summed E-state index contributed by atoms with van der Waals surface area (Å²) in [6.45, 7) is 9.87. The highest BCUT2D eigenvalue weighted by Gasteiger charge is 2.27. The highest BCUT2D eigenvalue weighted by atomic mass is 16.5. The van der Waals surface area contributed by atoms with Gasteiger partial charge in [0, 0.05) is 29.9 Å². The number of Topliss-reactive ketones (excluding diaryl/α,β-unsaturated/α-hetero) is 1. The predicted molar refractivity (Wildman–Crippen MR) is 91.3 cm³/mol. The number of nitrogens with one attached hydrogen (secondary N) is 1. The molecule has 0 amide bonds. The summed E-state index contributed by atoms with van der Waals surface area (Å²) < 4.78 is 7.03. The third kappa shape index (κ3) is 3.55. The van der Waals surface area contributed by atoms with Crippen molar-refractivity contribution in [3.05, 3.63) is 52.1 Å². The Morgan fingerprint density at radius 1 is 1.08 bits per heavy atom. The first kappa shape index (κ1) is 17.9. The minimum Gasteiger partial charge on any atom is -0.462 e. The molecule has 5 nitrogen and oxygen atoms in total. The quantitative estimate of drug-likeness (QED) is 0.503. The van der Waals surface area contributed by atoms with Gasteiger partial charge in [-0.3, -0.25) is 4.79 Å². The molecule has 2 aromatic rings. The summed E-state index contributed by atoms with van der Waals surface area (Å²) in [5.74, 6) is -0.548. The molecule has 1 N–H and O–H groups in total. The molecular formula is C19H25N2O3+. The number of hydrogen-bond donors (Lipinski definition) is 1. The molecular weight excluding hydrogens is 304 g/mol. The van der Waals surface area contributed by atoms with E-state index in [9.17, 15) is 9.59 Å². The number of rotatable bonds is 6. The molecule has 0 aliphatic carbocycles. The van der Waals surface area contributed by atoms with E-state index in [1.165, 1.54) is 5.56 Å². The molecule has 0 radical (unpaired) electrons. The monoisotopic (exact) mass is 329 g/mol. The third-order valence-corrected chi connectivity index (χ3v) is 4.17. The first-order valence-electron chi connectivity index (χ1n) is 8.27. The van der Waals surface area contributed by atoms with Crippen LogP contribution in [0.5, 0.6) is 0 Å². The zero-order valence-corrected chi connectivity index (χ0v) is 15.0. The van der Waals surface area contributed by atoms with Crippen LogP contribution in [-0.4, -0.2) is 23.3 Å². The van der Waals surface area contributed by atoms with Gasteiger partial charge in [0.15, 0.2) is 11.9 Å². The minimum atomic E-state index is -0.452. The SMILES string of the molecule is CCOC(=O)c1c(C)[nH]c(C)c1C(=O)C[n+]1cc(CC)ccc1C. The number of ketones is 1. The molecule has 2 heterocycles. The van der Waals surface area contributed by atoms with Gasteiger partial charge in [-0.1, -0.05) is 6.92 Å². The molecule has 0 saturated carbocycles. The Kier molecular flexibility index (Phi) is 5.54. The Labute approximate surface area is 142 Å². The highest BCUT2D eigenvalue weighted by molar-refractivity contribution is 6.07. The lowest BCUT2D eigenvalue weighted by atomic mass is 10.0. The largest absolute Gasteiger partial charge is 0.462 e. The van der Waals surface area contributed by atoms with Crippen molar-refractivity contribution in [3.8, 4) is 0 Å². The van der Waals surface area contributed by atoms with Gasteiger partial charge in [-0.25, -0.2) is 4.79 Å². The summed E-state index contributed by atoms with van der Waals surface area (Å²) in [6.07, 6.45) is 2.90. The zero-order chi connectivity index (χ0) is 17.9. The van der Waals surface area contributed by atoms with E-state index < -0.39 is 5.97 Å². The van der Waals surface area contributed by atoms with Crippen LogP contribution in [0.1, 0.15) is 57.2 Å². The Morgan fingerprint density at radius 2 is 1.75 bits per heavy atom. The van der Waals surface area contributed by atoms with E-state index in [1.54, 1.807) is 13.8 Å². The zero-order valence-electron chi connectivity index (χ0n) is 15.0. The maximum Gasteiger partial charge on any atom is 0.340 e. The Bertz CT molecular complexity index is 775. The number of aromatic nitrogens is 2. The molecule has 0 spiro atoms. The summed E-state index contributed by atoms with van der Waals surface area (Å²) in [7, 11) is 0. The normalized spacial score (nSPS) is 10.7. The maximum absolute atomic E-state index is 12.9. The van der Waals surface area contributed by atoms with Gasteiger partial charge in [0.1, 0.15) is 0 Å². The lowest BCUT2D eigenvalue weighted by Gasteiger charge is -2.06. The van der Waals surface area contributed by atoms with Crippen LogP contribution in [0.3, 0.4) is 0 Å². The molecule has 5 heteroatoms.